The predicted molar refractivity (Wildman–Crippen MR) is 68.4 cm³/mol. The van der Waals surface area contributed by atoms with Gasteiger partial charge in [-0.05, 0) is 31.7 Å². The van der Waals surface area contributed by atoms with Gasteiger partial charge in [-0.1, -0.05) is 26.7 Å². The Hall–Kier alpha value is -0.760. The van der Waals surface area contributed by atoms with Gasteiger partial charge < -0.3 is 0 Å². The van der Waals surface area contributed by atoms with Crippen LogP contribution in [0.4, 0.5) is 13.2 Å². The highest BCUT2D eigenvalue weighted by Crippen LogP contribution is 2.30. The largest absolute Gasteiger partial charge is 0.405 e. The zero-order valence-corrected chi connectivity index (χ0v) is 11.7. The van der Waals surface area contributed by atoms with Crippen molar-refractivity contribution in [1.29, 1.82) is 5.26 Å². The topological polar surface area (TPSA) is 27.0 Å². The van der Waals surface area contributed by atoms with Crippen molar-refractivity contribution in [2.75, 3.05) is 13.1 Å². The minimum Gasteiger partial charge on any atom is -0.299 e. The van der Waals surface area contributed by atoms with Gasteiger partial charge in [-0.2, -0.15) is 18.4 Å². The van der Waals surface area contributed by atoms with Crippen LogP contribution in [0.5, 0.6) is 0 Å². The second kappa shape index (κ2) is 7.14. The van der Waals surface area contributed by atoms with Crippen molar-refractivity contribution >= 4 is 0 Å². The van der Waals surface area contributed by atoms with E-state index in [4.69, 9.17) is 5.26 Å². The van der Waals surface area contributed by atoms with Gasteiger partial charge in [0.2, 0.25) is 0 Å². The molecule has 0 amide bonds. The van der Waals surface area contributed by atoms with Crippen LogP contribution in [0.2, 0.25) is 0 Å². The Balaban J connectivity index is 2.64. The second-order valence-electron chi connectivity index (χ2n) is 5.84. The molecule has 2 nitrogen and oxygen atoms in total. The molecule has 5 heteroatoms. The Labute approximate surface area is 113 Å². The molecule has 1 atom stereocenters. The molecule has 1 fully saturated rings. The average molecular weight is 276 g/mol. The van der Waals surface area contributed by atoms with Crippen LogP contribution in [0.3, 0.4) is 0 Å². The molecule has 0 heterocycles. The van der Waals surface area contributed by atoms with Crippen molar-refractivity contribution in [3.63, 3.8) is 0 Å². The fraction of sp³-hybridized carbons (Fsp3) is 0.929. The summed E-state index contributed by atoms with van der Waals surface area (Å²) in [5, 5.41) is 8.73. The predicted octanol–water partition coefficient (Wildman–Crippen LogP) is 3.98. The molecule has 0 spiro atoms. The first kappa shape index (κ1) is 16.3. The molecular weight excluding hydrogens is 253 g/mol. The van der Waals surface area contributed by atoms with Crippen LogP contribution in [-0.2, 0) is 0 Å². The number of nitrogens with zero attached hydrogens (tertiary/aromatic N) is 2. The minimum atomic E-state index is -4.41. The Kier molecular flexibility index (Phi) is 6.12. The summed E-state index contributed by atoms with van der Waals surface area (Å²) in [4.78, 5) is 1.90. The van der Waals surface area contributed by atoms with E-state index in [9.17, 15) is 13.2 Å². The Bertz CT molecular complexity index is 301. The van der Waals surface area contributed by atoms with Gasteiger partial charge in [-0.15, -0.1) is 0 Å². The molecule has 19 heavy (non-hydrogen) atoms. The number of halogens is 3. The molecule has 0 radical (unpaired) electrons. The zero-order chi connectivity index (χ0) is 14.5. The van der Waals surface area contributed by atoms with Crippen molar-refractivity contribution in [2.45, 2.75) is 58.2 Å². The molecular formula is C14H23F3N2. The van der Waals surface area contributed by atoms with Gasteiger partial charge in [0.25, 0.3) is 0 Å². The molecule has 0 aromatic carbocycles. The summed E-state index contributed by atoms with van der Waals surface area (Å²) in [5.74, 6) is -1.39. The first-order valence-corrected chi connectivity index (χ1v) is 7.05. The Morgan fingerprint density at radius 2 is 1.84 bits per heavy atom. The molecule has 110 valence electrons. The third-order valence-corrected chi connectivity index (χ3v) is 3.80. The maximum absolute atomic E-state index is 12.7. The monoisotopic (exact) mass is 276 g/mol. The van der Waals surface area contributed by atoms with E-state index < -0.39 is 12.1 Å². The summed E-state index contributed by atoms with van der Waals surface area (Å²) in [7, 11) is 0. The van der Waals surface area contributed by atoms with Gasteiger partial charge in [0.05, 0.1) is 6.07 Å². The highest BCUT2D eigenvalue weighted by molar-refractivity contribution is 4.92. The summed E-state index contributed by atoms with van der Waals surface area (Å²) in [6.45, 7) is 4.63. The van der Waals surface area contributed by atoms with Crippen LogP contribution < -0.4 is 0 Å². The lowest BCUT2D eigenvalue weighted by Crippen LogP contribution is -2.42. The molecule has 0 aliphatic heterocycles. The highest BCUT2D eigenvalue weighted by Gasteiger charge is 2.41. The third kappa shape index (κ3) is 5.40. The van der Waals surface area contributed by atoms with Gasteiger partial charge in [0.1, 0.15) is 0 Å². The average Bonchev–Trinajstić information content (AvgIpc) is 2.80. The van der Waals surface area contributed by atoms with E-state index in [1.165, 1.54) is 6.07 Å². The summed E-state index contributed by atoms with van der Waals surface area (Å²) >= 11 is 0. The molecule has 0 aromatic rings. The quantitative estimate of drug-likeness (QED) is 0.733. The maximum atomic E-state index is 12.7. The van der Waals surface area contributed by atoms with Crippen molar-refractivity contribution in [2.24, 2.45) is 11.8 Å². The van der Waals surface area contributed by atoms with E-state index in [0.717, 1.165) is 32.1 Å². The van der Waals surface area contributed by atoms with E-state index in [-0.39, 0.29) is 12.6 Å². The molecule has 1 rings (SSSR count). The van der Waals surface area contributed by atoms with Crippen LogP contribution in [0.25, 0.3) is 0 Å². The molecule has 1 aliphatic carbocycles. The van der Waals surface area contributed by atoms with Gasteiger partial charge in [0, 0.05) is 12.6 Å². The van der Waals surface area contributed by atoms with E-state index >= 15 is 0 Å². The van der Waals surface area contributed by atoms with Crippen LogP contribution in [0, 0.1) is 23.2 Å². The van der Waals surface area contributed by atoms with Crippen molar-refractivity contribution in [1.82, 2.24) is 4.90 Å². The van der Waals surface area contributed by atoms with Crippen LogP contribution in [0.1, 0.15) is 46.0 Å². The molecule has 0 bridgehead atoms. The van der Waals surface area contributed by atoms with E-state index in [2.05, 4.69) is 13.8 Å². The number of hydrogen-bond acceptors (Lipinski definition) is 2. The Morgan fingerprint density at radius 3 is 2.26 bits per heavy atom. The van der Waals surface area contributed by atoms with E-state index in [1.807, 2.05) is 4.90 Å². The number of hydrogen-bond donors (Lipinski definition) is 0. The summed E-state index contributed by atoms with van der Waals surface area (Å²) in [6, 6.07) is 1.65. The van der Waals surface area contributed by atoms with E-state index in [0.29, 0.717) is 12.5 Å². The lowest BCUT2D eigenvalue weighted by molar-refractivity contribution is -0.164. The van der Waals surface area contributed by atoms with Gasteiger partial charge in [-0.25, -0.2) is 0 Å². The Morgan fingerprint density at radius 1 is 1.26 bits per heavy atom. The second-order valence-corrected chi connectivity index (χ2v) is 5.84. The fourth-order valence-corrected chi connectivity index (χ4v) is 2.57. The maximum Gasteiger partial charge on any atom is 0.405 e. The molecule has 1 aliphatic rings. The van der Waals surface area contributed by atoms with Crippen LogP contribution in [-0.4, -0.2) is 30.2 Å². The summed E-state index contributed by atoms with van der Waals surface area (Å²) in [5.41, 5.74) is 0. The van der Waals surface area contributed by atoms with Gasteiger partial charge >= 0.3 is 6.18 Å². The van der Waals surface area contributed by atoms with E-state index in [1.54, 1.807) is 0 Å². The lowest BCUT2D eigenvalue weighted by atomic mass is 10.1. The van der Waals surface area contributed by atoms with Crippen molar-refractivity contribution in [3.8, 4) is 6.07 Å². The standard InChI is InChI=1S/C14H23F3N2/c1-11(2)7-8-19(13-5-3-4-6-13)10-12(9-18)14(15,16)17/h11-13H,3-8,10H2,1-2H3. The SMILES string of the molecule is CC(C)CCN(CC(C#N)C(F)(F)F)C1CCCC1. The number of rotatable bonds is 6. The first-order chi connectivity index (χ1) is 8.84. The molecule has 1 saturated carbocycles. The smallest absolute Gasteiger partial charge is 0.299 e. The van der Waals surface area contributed by atoms with Crippen LogP contribution >= 0.6 is 0 Å². The molecule has 1 unspecified atom stereocenters. The minimum absolute atomic E-state index is 0.169. The fourth-order valence-electron chi connectivity index (χ4n) is 2.57. The lowest BCUT2D eigenvalue weighted by Gasteiger charge is -2.31. The number of alkyl halides is 3. The summed E-state index contributed by atoms with van der Waals surface area (Å²) < 4.78 is 38.2. The zero-order valence-electron chi connectivity index (χ0n) is 11.7. The van der Waals surface area contributed by atoms with Crippen molar-refractivity contribution < 1.29 is 13.2 Å². The highest BCUT2D eigenvalue weighted by atomic mass is 19.4. The number of nitriles is 1. The summed E-state index contributed by atoms with van der Waals surface area (Å²) in [6.07, 6.45) is 0.580. The molecule has 0 aromatic heterocycles. The first-order valence-electron chi connectivity index (χ1n) is 7.05. The van der Waals surface area contributed by atoms with Gasteiger partial charge in [0.15, 0.2) is 5.92 Å². The molecule has 0 N–H and O–H groups in total. The third-order valence-electron chi connectivity index (χ3n) is 3.80. The normalized spacial score (nSPS) is 19.1. The van der Waals surface area contributed by atoms with Crippen LogP contribution in [0.15, 0.2) is 0 Å². The molecule has 0 saturated heterocycles. The van der Waals surface area contributed by atoms with Crippen molar-refractivity contribution in [3.05, 3.63) is 0 Å². The van der Waals surface area contributed by atoms with Gasteiger partial charge in [-0.3, -0.25) is 4.90 Å².